The Hall–Kier alpha value is -1.74. The molecular formula is C15H15ClFNO. The number of hydrogen-bond donors (Lipinski definition) is 1. The van der Waals surface area contributed by atoms with Crippen molar-refractivity contribution in [3.05, 3.63) is 51.8 Å². The van der Waals surface area contributed by atoms with Gasteiger partial charge in [-0.1, -0.05) is 17.7 Å². The van der Waals surface area contributed by atoms with Crippen LogP contribution in [0, 0.1) is 26.6 Å². The van der Waals surface area contributed by atoms with Gasteiger partial charge in [0.2, 0.25) is 0 Å². The Morgan fingerprint density at radius 2 is 1.74 bits per heavy atom. The minimum Gasteiger partial charge on any atom is -0.455 e. The van der Waals surface area contributed by atoms with Crippen molar-refractivity contribution >= 4 is 17.3 Å². The van der Waals surface area contributed by atoms with Gasteiger partial charge < -0.3 is 10.5 Å². The monoisotopic (exact) mass is 279 g/mol. The number of hydrogen-bond acceptors (Lipinski definition) is 2. The van der Waals surface area contributed by atoms with Crippen LogP contribution in [0.15, 0.2) is 24.3 Å². The average molecular weight is 280 g/mol. The first kappa shape index (κ1) is 13.7. The Kier molecular flexibility index (Phi) is 3.67. The molecule has 2 nitrogen and oxygen atoms in total. The summed E-state index contributed by atoms with van der Waals surface area (Å²) in [4.78, 5) is 0. The third-order valence-electron chi connectivity index (χ3n) is 3.04. The molecule has 19 heavy (non-hydrogen) atoms. The summed E-state index contributed by atoms with van der Waals surface area (Å²) in [6.45, 7) is 5.93. The van der Waals surface area contributed by atoms with Crippen molar-refractivity contribution in [3.8, 4) is 11.5 Å². The summed E-state index contributed by atoms with van der Waals surface area (Å²) < 4.78 is 19.2. The topological polar surface area (TPSA) is 35.2 Å². The number of benzene rings is 2. The second kappa shape index (κ2) is 5.10. The molecule has 0 atom stereocenters. The SMILES string of the molecule is Cc1cc(C)c(C)c(Oc2cc(F)c(Cl)cc2N)c1. The quantitative estimate of drug-likeness (QED) is 0.803. The van der Waals surface area contributed by atoms with Gasteiger partial charge in [-0.25, -0.2) is 4.39 Å². The zero-order valence-corrected chi connectivity index (χ0v) is 11.8. The summed E-state index contributed by atoms with van der Waals surface area (Å²) in [6, 6.07) is 6.52. The first-order valence-electron chi connectivity index (χ1n) is 5.88. The first-order valence-corrected chi connectivity index (χ1v) is 6.26. The molecule has 0 bridgehead atoms. The molecule has 0 amide bonds. The third-order valence-corrected chi connectivity index (χ3v) is 3.33. The summed E-state index contributed by atoms with van der Waals surface area (Å²) >= 11 is 5.66. The maximum Gasteiger partial charge on any atom is 0.153 e. The van der Waals surface area contributed by atoms with Gasteiger partial charge in [-0.05, 0) is 49.6 Å². The lowest BCUT2D eigenvalue weighted by atomic mass is 10.1. The molecule has 0 radical (unpaired) electrons. The van der Waals surface area contributed by atoms with E-state index in [0.717, 1.165) is 16.7 Å². The normalized spacial score (nSPS) is 10.6. The molecule has 0 saturated carbocycles. The van der Waals surface area contributed by atoms with E-state index in [2.05, 4.69) is 6.07 Å². The average Bonchev–Trinajstić information content (AvgIpc) is 2.32. The zero-order valence-electron chi connectivity index (χ0n) is 11.1. The lowest BCUT2D eigenvalue weighted by molar-refractivity contribution is 0.475. The number of nitrogens with two attached hydrogens (primary N) is 1. The molecule has 0 aliphatic rings. The highest BCUT2D eigenvalue weighted by Gasteiger charge is 2.11. The van der Waals surface area contributed by atoms with Crippen LogP contribution in [0.1, 0.15) is 16.7 Å². The molecule has 4 heteroatoms. The van der Waals surface area contributed by atoms with E-state index < -0.39 is 5.82 Å². The molecule has 0 unspecified atom stereocenters. The number of halogens is 2. The van der Waals surface area contributed by atoms with E-state index in [1.165, 1.54) is 12.1 Å². The number of rotatable bonds is 2. The fourth-order valence-corrected chi connectivity index (χ4v) is 2.03. The van der Waals surface area contributed by atoms with Gasteiger partial charge >= 0.3 is 0 Å². The highest BCUT2D eigenvalue weighted by molar-refractivity contribution is 6.31. The van der Waals surface area contributed by atoms with Gasteiger partial charge in [0.25, 0.3) is 0 Å². The number of aryl methyl sites for hydroxylation is 2. The van der Waals surface area contributed by atoms with Crippen molar-refractivity contribution in [2.45, 2.75) is 20.8 Å². The Morgan fingerprint density at radius 1 is 1.05 bits per heavy atom. The third kappa shape index (κ3) is 2.82. The standard InChI is InChI=1S/C15H15ClFNO/c1-8-4-9(2)10(3)14(5-8)19-15-7-12(17)11(16)6-13(15)18/h4-7H,18H2,1-3H3. The molecule has 0 aromatic heterocycles. The van der Waals surface area contributed by atoms with Gasteiger partial charge in [0, 0.05) is 6.07 Å². The molecule has 2 rings (SSSR count). The fraction of sp³-hybridized carbons (Fsp3) is 0.200. The highest BCUT2D eigenvalue weighted by Crippen LogP contribution is 2.34. The van der Waals surface area contributed by atoms with Gasteiger partial charge in [-0.3, -0.25) is 0 Å². The minimum absolute atomic E-state index is 0.0120. The number of nitrogen functional groups attached to an aromatic ring is 1. The van der Waals surface area contributed by atoms with Crippen molar-refractivity contribution in [1.29, 1.82) is 0 Å². The number of anilines is 1. The van der Waals surface area contributed by atoms with Gasteiger partial charge in [-0.15, -0.1) is 0 Å². The van der Waals surface area contributed by atoms with Crippen molar-refractivity contribution < 1.29 is 9.13 Å². The van der Waals surface area contributed by atoms with Crippen LogP contribution in [0.2, 0.25) is 5.02 Å². The summed E-state index contributed by atoms with van der Waals surface area (Å²) in [7, 11) is 0. The maximum absolute atomic E-state index is 13.5. The van der Waals surface area contributed by atoms with E-state index in [-0.39, 0.29) is 10.8 Å². The lowest BCUT2D eigenvalue weighted by Gasteiger charge is -2.14. The summed E-state index contributed by atoms with van der Waals surface area (Å²) in [5, 5.41) is -0.0120. The molecule has 2 aromatic rings. The van der Waals surface area contributed by atoms with E-state index in [1.54, 1.807) is 0 Å². The van der Waals surface area contributed by atoms with E-state index in [4.69, 9.17) is 22.1 Å². The molecular weight excluding hydrogens is 265 g/mol. The van der Waals surface area contributed by atoms with E-state index in [0.29, 0.717) is 11.4 Å². The van der Waals surface area contributed by atoms with Crippen molar-refractivity contribution in [1.82, 2.24) is 0 Å². The highest BCUT2D eigenvalue weighted by atomic mass is 35.5. The molecule has 0 fully saturated rings. The molecule has 0 aliphatic heterocycles. The van der Waals surface area contributed by atoms with Gasteiger partial charge in [0.15, 0.2) is 5.75 Å². The fourth-order valence-electron chi connectivity index (χ4n) is 1.86. The molecule has 0 saturated heterocycles. The second-order valence-corrected chi connectivity index (χ2v) is 5.02. The predicted molar refractivity (Wildman–Crippen MR) is 76.5 cm³/mol. The van der Waals surface area contributed by atoms with Gasteiger partial charge in [0.05, 0.1) is 10.7 Å². The maximum atomic E-state index is 13.5. The van der Waals surface area contributed by atoms with Crippen LogP contribution in [0.5, 0.6) is 11.5 Å². The van der Waals surface area contributed by atoms with Crippen LogP contribution in [0.4, 0.5) is 10.1 Å². The van der Waals surface area contributed by atoms with Crippen molar-refractivity contribution in [2.75, 3.05) is 5.73 Å². The molecule has 100 valence electrons. The van der Waals surface area contributed by atoms with Crippen LogP contribution in [-0.2, 0) is 0 Å². The van der Waals surface area contributed by atoms with Crippen molar-refractivity contribution in [2.24, 2.45) is 0 Å². The Bertz CT molecular complexity index is 641. The van der Waals surface area contributed by atoms with Crippen LogP contribution in [-0.4, -0.2) is 0 Å². The largest absolute Gasteiger partial charge is 0.455 e. The number of ether oxygens (including phenoxy) is 1. The zero-order chi connectivity index (χ0) is 14.2. The van der Waals surface area contributed by atoms with Gasteiger partial charge in [-0.2, -0.15) is 0 Å². The van der Waals surface area contributed by atoms with E-state index >= 15 is 0 Å². The molecule has 0 heterocycles. The molecule has 0 spiro atoms. The summed E-state index contributed by atoms with van der Waals surface area (Å²) in [5.41, 5.74) is 9.29. The second-order valence-electron chi connectivity index (χ2n) is 4.61. The summed E-state index contributed by atoms with van der Waals surface area (Å²) in [5.74, 6) is 0.397. The van der Waals surface area contributed by atoms with Crippen LogP contribution in [0.3, 0.4) is 0 Å². The van der Waals surface area contributed by atoms with Crippen molar-refractivity contribution in [3.63, 3.8) is 0 Å². The van der Waals surface area contributed by atoms with Crippen LogP contribution < -0.4 is 10.5 Å². The van der Waals surface area contributed by atoms with Gasteiger partial charge in [0.1, 0.15) is 11.6 Å². The molecule has 0 aliphatic carbocycles. The lowest BCUT2D eigenvalue weighted by Crippen LogP contribution is -1.96. The van der Waals surface area contributed by atoms with E-state index in [9.17, 15) is 4.39 Å². The summed E-state index contributed by atoms with van der Waals surface area (Å²) in [6.07, 6.45) is 0. The minimum atomic E-state index is -0.548. The smallest absolute Gasteiger partial charge is 0.153 e. The predicted octanol–water partition coefficient (Wildman–Crippen LogP) is 4.78. The van der Waals surface area contributed by atoms with E-state index in [1.807, 2.05) is 26.8 Å². The Morgan fingerprint density at radius 3 is 2.42 bits per heavy atom. The molecule has 2 N–H and O–H groups in total. The van der Waals surface area contributed by atoms with Crippen LogP contribution >= 0.6 is 11.6 Å². The first-order chi connectivity index (χ1) is 8.88. The molecule has 2 aromatic carbocycles. The Balaban J connectivity index is 2.44. The Labute approximate surface area is 117 Å². The van der Waals surface area contributed by atoms with Crippen LogP contribution in [0.25, 0.3) is 0 Å².